The van der Waals surface area contributed by atoms with Gasteiger partial charge in [-0.25, -0.2) is 0 Å². The summed E-state index contributed by atoms with van der Waals surface area (Å²) in [5.41, 5.74) is 2.93. The quantitative estimate of drug-likeness (QED) is 0.341. The van der Waals surface area contributed by atoms with Crippen molar-refractivity contribution in [3.05, 3.63) is 95.1 Å². The number of rotatable bonds is 10. The number of alkyl halides is 3. The third-order valence-corrected chi connectivity index (χ3v) is 5.23. The maximum atomic E-state index is 12.7. The molecule has 32 heavy (non-hydrogen) atoms. The van der Waals surface area contributed by atoms with E-state index in [9.17, 15) is 18.0 Å². The lowest BCUT2D eigenvalue weighted by Gasteiger charge is -2.11. The zero-order valence-electron chi connectivity index (χ0n) is 17.6. The molecule has 0 radical (unpaired) electrons. The standard InChI is InChI=1S/C26H25F3O3/c27-26(28,29)22-13-17-24(18-14-22)32-23-15-10-19(11-16-23)9-12-21-7-2-1-5-20(21)6-3-4-8-25(30)31/h1-2,5,7,10-11,13-18H,3-4,6,8-9,12H2,(H,30,31). The second-order valence-corrected chi connectivity index (χ2v) is 7.64. The van der Waals surface area contributed by atoms with Crippen molar-refractivity contribution < 1.29 is 27.8 Å². The van der Waals surface area contributed by atoms with Gasteiger partial charge in [0.15, 0.2) is 0 Å². The number of benzene rings is 3. The number of carboxylic acid groups (broad SMARTS) is 1. The number of hydrogen-bond donors (Lipinski definition) is 1. The molecule has 0 aliphatic carbocycles. The number of carboxylic acids is 1. The minimum absolute atomic E-state index is 0.197. The normalized spacial score (nSPS) is 11.3. The van der Waals surface area contributed by atoms with Gasteiger partial charge in [0.2, 0.25) is 0 Å². The van der Waals surface area contributed by atoms with E-state index in [1.807, 2.05) is 36.4 Å². The lowest BCUT2D eigenvalue weighted by atomic mass is 9.96. The fourth-order valence-electron chi connectivity index (χ4n) is 3.49. The highest BCUT2D eigenvalue weighted by Crippen LogP contribution is 2.31. The molecule has 0 heterocycles. The van der Waals surface area contributed by atoms with Gasteiger partial charge in [-0.3, -0.25) is 4.79 Å². The Balaban J connectivity index is 1.53. The van der Waals surface area contributed by atoms with Gasteiger partial charge >= 0.3 is 12.1 Å². The maximum absolute atomic E-state index is 12.7. The van der Waals surface area contributed by atoms with Crippen molar-refractivity contribution in [2.45, 2.75) is 44.7 Å². The summed E-state index contributed by atoms with van der Waals surface area (Å²) in [7, 11) is 0. The first-order valence-electron chi connectivity index (χ1n) is 10.5. The van der Waals surface area contributed by atoms with Crippen molar-refractivity contribution >= 4 is 5.97 Å². The third-order valence-electron chi connectivity index (χ3n) is 5.23. The van der Waals surface area contributed by atoms with Crippen molar-refractivity contribution in [3.63, 3.8) is 0 Å². The smallest absolute Gasteiger partial charge is 0.416 e. The summed E-state index contributed by atoms with van der Waals surface area (Å²) in [6, 6.07) is 20.4. The molecule has 1 N–H and O–H groups in total. The topological polar surface area (TPSA) is 46.5 Å². The first-order valence-corrected chi connectivity index (χ1v) is 10.5. The monoisotopic (exact) mass is 442 g/mol. The molecule has 0 saturated carbocycles. The fraction of sp³-hybridized carbons (Fsp3) is 0.269. The maximum Gasteiger partial charge on any atom is 0.416 e. The Morgan fingerprint density at radius 1 is 0.750 bits per heavy atom. The van der Waals surface area contributed by atoms with E-state index in [1.54, 1.807) is 0 Å². The summed E-state index contributed by atoms with van der Waals surface area (Å²) in [6.45, 7) is 0. The number of ether oxygens (including phenoxy) is 1. The Hall–Kier alpha value is -3.28. The van der Waals surface area contributed by atoms with Gasteiger partial charge in [-0.2, -0.15) is 13.2 Å². The van der Waals surface area contributed by atoms with Crippen LogP contribution in [0.25, 0.3) is 0 Å². The molecule has 6 heteroatoms. The highest BCUT2D eigenvalue weighted by Gasteiger charge is 2.30. The molecule has 3 rings (SSSR count). The van der Waals surface area contributed by atoms with Crippen molar-refractivity contribution in [3.8, 4) is 11.5 Å². The minimum Gasteiger partial charge on any atom is -0.481 e. The summed E-state index contributed by atoms with van der Waals surface area (Å²) in [5, 5.41) is 8.77. The molecule has 3 aromatic rings. The number of carbonyl (C=O) groups is 1. The Labute approximate surface area is 185 Å². The van der Waals surface area contributed by atoms with Gasteiger partial charge in [-0.15, -0.1) is 0 Å². The van der Waals surface area contributed by atoms with E-state index >= 15 is 0 Å². The molecule has 0 aromatic heterocycles. The molecule has 0 unspecified atom stereocenters. The van der Waals surface area contributed by atoms with Crippen LogP contribution in [0.2, 0.25) is 0 Å². The van der Waals surface area contributed by atoms with Gasteiger partial charge in [0.05, 0.1) is 5.56 Å². The molecule has 0 spiro atoms. The van der Waals surface area contributed by atoms with E-state index in [0.717, 1.165) is 43.4 Å². The molecular formula is C26H25F3O3. The van der Waals surface area contributed by atoms with E-state index in [-0.39, 0.29) is 6.42 Å². The van der Waals surface area contributed by atoms with Crippen LogP contribution >= 0.6 is 0 Å². The van der Waals surface area contributed by atoms with Crippen molar-refractivity contribution in [1.82, 2.24) is 0 Å². The number of aliphatic carboxylic acids is 1. The van der Waals surface area contributed by atoms with E-state index in [0.29, 0.717) is 17.9 Å². The van der Waals surface area contributed by atoms with Crippen molar-refractivity contribution in [2.24, 2.45) is 0 Å². The molecule has 0 amide bonds. The van der Waals surface area contributed by atoms with Gasteiger partial charge in [0.1, 0.15) is 11.5 Å². The van der Waals surface area contributed by atoms with Gasteiger partial charge in [0, 0.05) is 6.42 Å². The predicted octanol–water partition coefficient (Wildman–Crippen LogP) is 7.08. The molecular weight excluding hydrogens is 417 g/mol. The van der Waals surface area contributed by atoms with Crippen LogP contribution in [0.15, 0.2) is 72.8 Å². The van der Waals surface area contributed by atoms with E-state index in [4.69, 9.17) is 9.84 Å². The molecule has 0 aliphatic rings. The zero-order valence-corrected chi connectivity index (χ0v) is 17.6. The molecule has 3 nitrogen and oxygen atoms in total. The molecule has 0 atom stereocenters. The largest absolute Gasteiger partial charge is 0.481 e. The van der Waals surface area contributed by atoms with Crippen LogP contribution in [0.4, 0.5) is 13.2 Å². The van der Waals surface area contributed by atoms with E-state index in [1.165, 1.54) is 23.3 Å². The third kappa shape index (κ3) is 7.15. The predicted molar refractivity (Wildman–Crippen MR) is 117 cm³/mol. The number of unbranched alkanes of at least 4 members (excludes halogenated alkanes) is 1. The summed E-state index contributed by atoms with van der Waals surface area (Å²) < 4.78 is 43.6. The Kier molecular flexibility index (Phi) is 7.92. The molecule has 3 aromatic carbocycles. The zero-order chi connectivity index (χ0) is 23.0. The van der Waals surface area contributed by atoms with Gasteiger partial charge < -0.3 is 9.84 Å². The number of aryl methyl sites for hydroxylation is 3. The first kappa shape index (κ1) is 23.4. The van der Waals surface area contributed by atoms with Gasteiger partial charge in [0.25, 0.3) is 0 Å². The second-order valence-electron chi connectivity index (χ2n) is 7.64. The van der Waals surface area contributed by atoms with E-state index in [2.05, 4.69) is 12.1 Å². The van der Waals surface area contributed by atoms with Crippen LogP contribution in [0.1, 0.15) is 41.5 Å². The highest BCUT2D eigenvalue weighted by molar-refractivity contribution is 5.66. The number of hydrogen-bond acceptors (Lipinski definition) is 2. The lowest BCUT2D eigenvalue weighted by Crippen LogP contribution is -2.03. The molecule has 0 bridgehead atoms. The number of halogens is 3. The molecule has 0 aliphatic heterocycles. The van der Waals surface area contributed by atoms with Crippen LogP contribution in [0.3, 0.4) is 0 Å². The SMILES string of the molecule is O=C(O)CCCCc1ccccc1CCc1ccc(Oc2ccc(C(F)(F)F)cc2)cc1. The van der Waals surface area contributed by atoms with Crippen LogP contribution < -0.4 is 4.74 Å². The second kappa shape index (κ2) is 10.8. The molecule has 0 saturated heterocycles. The highest BCUT2D eigenvalue weighted by atomic mass is 19.4. The lowest BCUT2D eigenvalue weighted by molar-refractivity contribution is -0.138. The summed E-state index contributed by atoms with van der Waals surface area (Å²) in [5.74, 6) is 0.152. The van der Waals surface area contributed by atoms with Crippen molar-refractivity contribution in [2.75, 3.05) is 0 Å². The molecule has 168 valence electrons. The van der Waals surface area contributed by atoms with Gasteiger partial charge in [-0.05, 0) is 85.2 Å². The Morgan fingerprint density at radius 3 is 1.88 bits per heavy atom. The van der Waals surface area contributed by atoms with Crippen LogP contribution in [-0.4, -0.2) is 11.1 Å². The van der Waals surface area contributed by atoms with E-state index < -0.39 is 17.7 Å². The van der Waals surface area contributed by atoms with Crippen LogP contribution in [0, 0.1) is 0 Å². The minimum atomic E-state index is -4.36. The van der Waals surface area contributed by atoms with Crippen LogP contribution in [-0.2, 0) is 30.2 Å². The Morgan fingerprint density at radius 2 is 1.31 bits per heavy atom. The average molecular weight is 442 g/mol. The van der Waals surface area contributed by atoms with Crippen molar-refractivity contribution in [1.29, 1.82) is 0 Å². The average Bonchev–Trinajstić information content (AvgIpc) is 2.76. The Bertz CT molecular complexity index is 1010. The molecule has 0 fully saturated rings. The van der Waals surface area contributed by atoms with Crippen LogP contribution in [0.5, 0.6) is 11.5 Å². The summed E-state index contributed by atoms with van der Waals surface area (Å²) in [4.78, 5) is 10.7. The summed E-state index contributed by atoms with van der Waals surface area (Å²) >= 11 is 0. The summed E-state index contributed by atoms with van der Waals surface area (Å²) in [6.07, 6.45) is -0.0754. The fourth-order valence-corrected chi connectivity index (χ4v) is 3.49. The first-order chi connectivity index (χ1) is 15.3. The van der Waals surface area contributed by atoms with Gasteiger partial charge in [-0.1, -0.05) is 36.4 Å².